The highest BCUT2D eigenvalue weighted by molar-refractivity contribution is 7.09. The monoisotopic (exact) mass is 261 g/mol. The smallest absolute Gasteiger partial charge is 0.170 e. The molecular weight excluding hydrogens is 246 g/mol. The van der Waals surface area contributed by atoms with Crippen LogP contribution in [-0.2, 0) is 13.1 Å². The van der Waals surface area contributed by atoms with E-state index in [9.17, 15) is 0 Å². The van der Waals surface area contributed by atoms with Gasteiger partial charge in [0.2, 0.25) is 0 Å². The third-order valence-corrected chi connectivity index (χ3v) is 3.42. The van der Waals surface area contributed by atoms with E-state index in [0.717, 1.165) is 24.2 Å². The molecule has 2 rings (SSSR count). The normalized spacial score (nSPS) is 11.7. The van der Waals surface area contributed by atoms with Crippen LogP contribution in [0.3, 0.4) is 0 Å². The Morgan fingerprint density at radius 1 is 1.28 bits per heavy atom. The zero-order valence-corrected chi connectivity index (χ0v) is 10.7. The summed E-state index contributed by atoms with van der Waals surface area (Å²) in [6.45, 7) is 1.61. The summed E-state index contributed by atoms with van der Waals surface area (Å²) in [4.78, 5) is 1.31. The fourth-order valence-electron chi connectivity index (χ4n) is 1.64. The Balaban J connectivity index is 1.93. The molecule has 0 unspecified atom stereocenters. The second-order valence-electron chi connectivity index (χ2n) is 3.87. The van der Waals surface area contributed by atoms with Crippen LogP contribution >= 0.6 is 11.3 Å². The van der Waals surface area contributed by atoms with Crippen molar-refractivity contribution >= 4 is 17.2 Å². The maximum absolute atomic E-state index is 8.63. The number of thiophene rings is 1. The highest BCUT2D eigenvalue weighted by atomic mass is 32.1. The van der Waals surface area contributed by atoms with Gasteiger partial charge in [-0.25, -0.2) is 0 Å². The van der Waals surface area contributed by atoms with E-state index in [1.165, 1.54) is 4.88 Å². The Bertz CT molecular complexity index is 523. The van der Waals surface area contributed by atoms with Gasteiger partial charge in [0, 0.05) is 23.5 Å². The molecule has 0 bridgehead atoms. The van der Waals surface area contributed by atoms with Gasteiger partial charge in [-0.2, -0.15) is 0 Å². The fourth-order valence-corrected chi connectivity index (χ4v) is 2.32. The predicted octanol–water partition coefficient (Wildman–Crippen LogP) is 2.13. The SMILES string of the molecule is NC(=NO)c1cccc(CNCc2cccs2)c1. The largest absolute Gasteiger partial charge is 0.409 e. The highest BCUT2D eigenvalue weighted by Crippen LogP contribution is 2.09. The molecule has 5 heteroatoms. The molecule has 0 amide bonds. The average Bonchev–Trinajstić information content (AvgIpc) is 2.91. The van der Waals surface area contributed by atoms with E-state index in [1.807, 2.05) is 30.3 Å². The molecule has 1 heterocycles. The third-order valence-electron chi connectivity index (χ3n) is 2.54. The summed E-state index contributed by atoms with van der Waals surface area (Å²) in [6.07, 6.45) is 0. The van der Waals surface area contributed by atoms with E-state index in [0.29, 0.717) is 0 Å². The molecule has 4 nitrogen and oxygen atoms in total. The first-order chi connectivity index (χ1) is 8.79. The van der Waals surface area contributed by atoms with E-state index in [2.05, 4.69) is 21.9 Å². The molecule has 0 aliphatic carbocycles. The first-order valence-electron chi connectivity index (χ1n) is 5.59. The Morgan fingerprint density at radius 3 is 2.89 bits per heavy atom. The number of hydrogen-bond acceptors (Lipinski definition) is 4. The van der Waals surface area contributed by atoms with Gasteiger partial charge >= 0.3 is 0 Å². The first kappa shape index (κ1) is 12.6. The molecule has 4 N–H and O–H groups in total. The number of nitrogens with one attached hydrogen (secondary N) is 1. The van der Waals surface area contributed by atoms with Crippen LogP contribution in [0, 0.1) is 0 Å². The summed E-state index contributed by atoms with van der Waals surface area (Å²) in [5.74, 6) is 0.134. The third kappa shape index (κ3) is 3.32. The minimum Gasteiger partial charge on any atom is -0.409 e. The number of benzene rings is 1. The van der Waals surface area contributed by atoms with Crippen molar-refractivity contribution in [3.8, 4) is 0 Å². The van der Waals surface area contributed by atoms with Gasteiger partial charge in [-0.05, 0) is 23.1 Å². The zero-order valence-electron chi connectivity index (χ0n) is 9.84. The van der Waals surface area contributed by atoms with Crippen molar-refractivity contribution in [3.63, 3.8) is 0 Å². The van der Waals surface area contributed by atoms with Crippen LogP contribution < -0.4 is 11.1 Å². The van der Waals surface area contributed by atoms with Crippen LogP contribution in [0.25, 0.3) is 0 Å². The summed E-state index contributed by atoms with van der Waals surface area (Å²) >= 11 is 1.74. The van der Waals surface area contributed by atoms with Gasteiger partial charge in [0.25, 0.3) is 0 Å². The standard InChI is InChI=1S/C13H15N3OS/c14-13(16-17)11-4-1-3-10(7-11)8-15-9-12-5-2-6-18-12/h1-7,15,17H,8-9H2,(H2,14,16). The molecular formula is C13H15N3OS. The van der Waals surface area contributed by atoms with Crippen molar-refractivity contribution in [1.82, 2.24) is 5.32 Å². The van der Waals surface area contributed by atoms with Crippen molar-refractivity contribution in [2.24, 2.45) is 10.9 Å². The molecule has 0 atom stereocenters. The van der Waals surface area contributed by atoms with Crippen molar-refractivity contribution in [2.45, 2.75) is 13.1 Å². The summed E-state index contributed by atoms with van der Waals surface area (Å²) < 4.78 is 0. The van der Waals surface area contributed by atoms with Crippen LogP contribution in [0.4, 0.5) is 0 Å². The maximum Gasteiger partial charge on any atom is 0.170 e. The van der Waals surface area contributed by atoms with Crippen molar-refractivity contribution in [2.75, 3.05) is 0 Å². The van der Waals surface area contributed by atoms with E-state index < -0.39 is 0 Å². The Labute approximate surface area is 110 Å². The Kier molecular flexibility index (Phi) is 4.33. The van der Waals surface area contributed by atoms with Crippen LogP contribution in [0.5, 0.6) is 0 Å². The predicted molar refractivity (Wildman–Crippen MR) is 73.8 cm³/mol. The van der Waals surface area contributed by atoms with Gasteiger partial charge in [0.15, 0.2) is 5.84 Å². The molecule has 2 aromatic rings. The highest BCUT2D eigenvalue weighted by Gasteiger charge is 2.00. The quantitative estimate of drug-likeness (QED) is 0.334. The molecule has 18 heavy (non-hydrogen) atoms. The van der Waals surface area contributed by atoms with E-state index in [1.54, 1.807) is 11.3 Å². The molecule has 0 radical (unpaired) electrons. The molecule has 1 aromatic carbocycles. The van der Waals surface area contributed by atoms with E-state index >= 15 is 0 Å². The van der Waals surface area contributed by atoms with Crippen molar-refractivity contribution in [1.29, 1.82) is 0 Å². The topological polar surface area (TPSA) is 70.6 Å². The number of nitrogens with two attached hydrogens (primary N) is 1. The number of rotatable bonds is 5. The molecule has 0 aliphatic heterocycles. The lowest BCUT2D eigenvalue weighted by Crippen LogP contribution is -2.15. The minimum absolute atomic E-state index is 0.134. The van der Waals surface area contributed by atoms with E-state index in [4.69, 9.17) is 10.9 Å². The van der Waals surface area contributed by atoms with Crippen LogP contribution in [-0.4, -0.2) is 11.0 Å². The number of amidine groups is 1. The van der Waals surface area contributed by atoms with Crippen LogP contribution in [0.15, 0.2) is 46.9 Å². The molecule has 0 saturated carbocycles. The van der Waals surface area contributed by atoms with Crippen molar-refractivity contribution in [3.05, 3.63) is 57.8 Å². The Morgan fingerprint density at radius 2 is 2.17 bits per heavy atom. The molecule has 1 aromatic heterocycles. The average molecular weight is 261 g/mol. The summed E-state index contributed by atoms with van der Waals surface area (Å²) in [5.41, 5.74) is 7.39. The van der Waals surface area contributed by atoms with Gasteiger partial charge < -0.3 is 16.3 Å². The van der Waals surface area contributed by atoms with E-state index in [-0.39, 0.29) is 5.84 Å². The van der Waals surface area contributed by atoms with Crippen LogP contribution in [0.2, 0.25) is 0 Å². The number of oxime groups is 1. The lowest BCUT2D eigenvalue weighted by molar-refractivity contribution is 0.318. The summed E-state index contributed by atoms with van der Waals surface area (Å²) in [5, 5.41) is 17.0. The van der Waals surface area contributed by atoms with Gasteiger partial charge in [-0.3, -0.25) is 0 Å². The second-order valence-corrected chi connectivity index (χ2v) is 4.90. The molecule has 94 valence electrons. The summed E-state index contributed by atoms with van der Waals surface area (Å²) in [7, 11) is 0. The van der Waals surface area contributed by atoms with Gasteiger partial charge in [0.05, 0.1) is 0 Å². The molecule has 0 saturated heterocycles. The van der Waals surface area contributed by atoms with Gasteiger partial charge in [0.1, 0.15) is 0 Å². The first-order valence-corrected chi connectivity index (χ1v) is 6.47. The molecule has 0 aliphatic rings. The van der Waals surface area contributed by atoms with Crippen LogP contribution in [0.1, 0.15) is 16.0 Å². The summed E-state index contributed by atoms with van der Waals surface area (Å²) in [6, 6.07) is 11.8. The molecule has 0 spiro atoms. The van der Waals surface area contributed by atoms with Gasteiger partial charge in [-0.15, -0.1) is 11.3 Å². The minimum atomic E-state index is 0.134. The zero-order chi connectivity index (χ0) is 12.8. The lowest BCUT2D eigenvalue weighted by atomic mass is 10.1. The van der Waals surface area contributed by atoms with Crippen molar-refractivity contribution < 1.29 is 5.21 Å². The lowest BCUT2D eigenvalue weighted by Gasteiger charge is -2.05. The molecule has 0 fully saturated rings. The second kappa shape index (κ2) is 6.18. The number of nitrogens with zero attached hydrogens (tertiary/aromatic N) is 1. The van der Waals surface area contributed by atoms with Gasteiger partial charge in [-0.1, -0.05) is 29.4 Å². The Hall–Kier alpha value is -1.85. The fraction of sp³-hybridized carbons (Fsp3) is 0.154. The maximum atomic E-state index is 8.63. The number of hydrogen-bond donors (Lipinski definition) is 3.